The third-order valence-electron chi connectivity index (χ3n) is 2.93. The Labute approximate surface area is 128 Å². The highest BCUT2D eigenvalue weighted by atomic mass is 79.9. The van der Waals surface area contributed by atoms with Crippen LogP contribution in [0.25, 0.3) is 11.4 Å². The maximum absolute atomic E-state index is 6.24. The van der Waals surface area contributed by atoms with Gasteiger partial charge in [-0.2, -0.15) is 11.8 Å². The fourth-order valence-corrected chi connectivity index (χ4v) is 3.73. The molecule has 0 fully saturated rings. The topological polar surface area (TPSA) is 35.0 Å². The molecule has 0 aliphatic carbocycles. The lowest BCUT2D eigenvalue weighted by molar-refractivity contribution is 0.416. The molecule has 0 amide bonds. The van der Waals surface area contributed by atoms with Crippen LogP contribution in [0.15, 0.2) is 22.7 Å². The summed E-state index contributed by atoms with van der Waals surface area (Å²) >= 11 is 11.5. The number of thioether (sulfide) groups is 1. The van der Waals surface area contributed by atoms with E-state index in [1.165, 1.54) is 0 Å². The summed E-state index contributed by atoms with van der Waals surface area (Å²) < 4.78 is 6.32. The van der Waals surface area contributed by atoms with Crippen LogP contribution in [0.4, 0.5) is 0 Å². The Kier molecular flexibility index (Phi) is 3.69. The van der Waals surface area contributed by atoms with Gasteiger partial charge in [0.05, 0.1) is 18.4 Å². The lowest BCUT2D eigenvalue weighted by Gasteiger charge is -2.10. The Morgan fingerprint density at radius 2 is 2.16 bits per heavy atom. The third-order valence-corrected chi connectivity index (χ3v) is 4.71. The first kappa shape index (κ1) is 13.2. The highest BCUT2D eigenvalue weighted by Gasteiger charge is 2.20. The zero-order valence-electron chi connectivity index (χ0n) is 10.1. The van der Waals surface area contributed by atoms with E-state index in [-0.39, 0.29) is 0 Å². The molecule has 1 aliphatic heterocycles. The number of hydrogen-bond acceptors (Lipinski definition) is 4. The number of fused-ring (bicyclic) bond motifs is 1. The van der Waals surface area contributed by atoms with Gasteiger partial charge in [-0.1, -0.05) is 27.5 Å². The molecule has 3 nitrogen and oxygen atoms in total. The van der Waals surface area contributed by atoms with Crippen molar-refractivity contribution in [3.63, 3.8) is 0 Å². The van der Waals surface area contributed by atoms with E-state index in [1.54, 1.807) is 18.9 Å². The maximum atomic E-state index is 6.24. The van der Waals surface area contributed by atoms with Crippen LogP contribution in [0.1, 0.15) is 11.3 Å². The predicted octanol–water partition coefficient (Wildman–Crippen LogP) is 4.31. The lowest BCUT2D eigenvalue weighted by Crippen LogP contribution is -1.99. The first-order chi connectivity index (χ1) is 9.19. The summed E-state index contributed by atoms with van der Waals surface area (Å²) in [5.41, 5.74) is 2.94. The zero-order chi connectivity index (χ0) is 13.4. The summed E-state index contributed by atoms with van der Waals surface area (Å²) in [7, 11) is 1.64. The van der Waals surface area contributed by atoms with Gasteiger partial charge < -0.3 is 4.74 Å². The van der Waals surface area contributed by atoms with Gasteiger partial charge in [-0.3, -0.25) is 0 Å². The molecule has 1 aromatic carbocycles. The lowest BCUT2D eigenvalue weighted by atomic mass is 10.1. The zero-order valence-corrected chi connectivity index (χ0v) is 13.3. The summed E-state index contributed by atoms with van der Waals surface area (Å²) in [6, 6.07) is 5.75. The van der Waals surface area contributed by atoms with Crippen LogP contribution in [0, 0.1) is 0 Å². The molecular formula is C13H10BrClN2OS. The van der Waals surface area contributed by atoms with Crippen LogP contribution < -0.4 is 4.74 Å². The largest absolute Gasteiger partial charge is 0.496 e. The fraction of sp³-hybridized carbons (Fsp3) is 0.231. The number of hydrogen-bond donors (Lipinski definition) is 0. The van der Waals surface area contributed by atoms with Crippen LogP contribution in [0.2, 0.25) is 5.15 Å². The molecule has 3 rings (SSSR count). The number of aromatic nitrogens is 2. The van der Waals surface area contributed by atoms with Crippen LogP contribution in [-0.4, -0.2) is 17.1 Å². The van der Waals surface area contributed by atoms with Gasteiger partial charge in [0.2, 0.25) is 0 Å². The highest BCUT2D eigenvalue weighted by molar-refractivity contribution is 9.10. The predicted molar refractivity (Wildman–Crippen MR) is 81.7 cm³/mol. The van der Waals surface area contributed by atoms with Gasteiger partial charge in [0.25, 0.3) is 0 Å². The number of halogens is 2. The van der Waals surface area contributed by atoms with Crippen molar-refractivity contribution in [2.45, 2.75) is 11.5 Å². The first-order valence-corrected chi connectivity index (χ1v) is 7.98. The van der Waals surface area contributed by atoms with Crippen molar-refractivity contribution in [3.8, 4) is 17.1 Å². The minimum atomic E-state index is 0.548. The highest BCUT2D eigenvalue weighted by Crippen LogP contribution is 2.36. The molecule has 19 heavy (non-hydrogen) atoms. The van der Waals surface area contributed by atoms with Gasteiger partial charge in [-0.05, 0) is 18.2 Å². The average molecular weight is 358 g/mol. The van der Waals surface area contributed by atoms with E-state index < -0.39 is 0 Å². The molecule has 0 radical (unpaired) electrons. The van der Waals surface area contributed by atoms with E-state index in [1.807, 2.05) is 18.2 Å². The van der Waals surface area contributed by atoms with E-state index in [2.05, 4.69) is 25.9 Å². The summed E-state index contributed by atoms with van der Waals surface area (Å²) in [6.45, 7) is 0. The van der Waals surface area contributed by atoms with Crippen LogP contribution in [0.5, 0.6) is 5.75 Å². The van der Waals surface area contributed by atoms with E-state index >= 15 is 0 Å². The summed E-state index contributed by atoms with van der Waals surface area (Å²) in [5, 5.41) is 0.548. The van der Waals surface area contributed by atoms with Gasteiger partial charge in [0.15, 0.2) is 5.82 Å². The summed E-state index contributed by atoms with van der Waals surface area (Å²) in [6.07, 6.45) is 0. The Hall–Kier alpha value is -0.780. The van der Waals surface area contributed by atoms with Crippen LogP contribution >= 0.6 is 39.3 Å². The Morgan fingerprint density at radius 1 is 1.32 bits per heavy atom. The van der Waals surface area contributed by atoms with Gasteiger partial charge in [-0.25, -0.2) is 9.97 Å². The molecule has 0 bridgehead atoms. The second-order valence-corrected chi connectivity index (χ2v) is 6.36. The van der Waals surface area contributed by atoms with Crippen molar-refractivity contribution in [1.29, 1.82) is 0 Å². The van der Waals surface area contributed by atoms with Gasteiger partial charge >= 0.3 is 0 Å². The van der Waals surface area contributed by atoms with Gasteiger partial charge in [-0.15, -0.1) is 0 Å². The summed E-state index contributed by atoms with van der Waals surface area (Å²) in [4.78, 5) is 9.02. The first-order valence-electron chi connectivity index (χ1n) is 5.66. The van der Waals surface area contributed by atoms with E-state index in [4.69, 9.17) is 16.3 Å². The minimum absolute atomic E-state index is 0.548. The van der Waals surface area contributed by atoms with Crippen molar-refractivity contribution in [2.75, 3.05) is 7.11 Å². The van der Waals surface area contributed by atoms with Crippen molar-refractivity contribution in [1.82, 2.24) is 9.97 Å². The van der Waals surface area contributed by atoms with Crippen molar-refractivity contribution in [3.05, 3.63) is 39.1 Å². The smallest absolute Gasteiger partial charge is 0.164 e. The van der Waals surface area contributed by atoms with Gasteiger partial charge in [0, 0.05) is 21.5 Å². The molecule has 0 unspecified atom stereocenters. The minimum Gasteiger partial charge on any atom is -0.496 e. The third kappa shape index (κ3) is 2.47. The van der Waals surface area contributed by atoms with Crippen LogP contribution in [-0.2, 0) is 11.5 Å². The van der Waals surface area contributed by atoms with Crippen molar-refractivity contribution < 1.29 is 4.74 Å². The molecule has 0 N–H and O–H groups in total. The fourth-order valence-electron chi connectivity index (χ4n) is 1.99. The molecule has 0 saturated heterocycles. The molecule has 98 valence electrons. The Morgan fingerprint density at radius 3 is 2.95 bits per heavy atom. The van der Waals surface area contributed by atoms with Gasteiger partial charge in [0.1, 0.15) is 10.9 Å². The number of methoxy groups -OCH3 is 1. The molecule has 0 atom stereocenters. The number of ether oxygens (including phenoxy) is 1. The molecule has 1 aromatic heterocycles. The SMILES string of the molecule is COc1ccc(Br)cc1-c1nc(Cl)c2c(n1)CSC2. The average Bonchev–Trinajstić information content (AvgIpc) is 2.87. The Balaban J connectivity index is 2.17. The monoisotopic (exact) mass is 356 g/mol. The standard InChI is InChI=1S/C13H10BrClN2OS/c1-18-11-3-2-7(14)4-8(11)13-16-10-6-19-5-9(10)12(15)17-13/h2-4H,5-6H2,1H3. The molecular weight excluding hydrogens is 348 g/mol. The number of rotatable bonds is 2. The van der Waals surface area contributed by atoms with E-state index in [9.17, 15) is 0 Å². The number of benzene rings is 1. The van der Waals surface area contributed by atoms with Crippen molar-refractivity contribution in [2.24, 2.45) is 0 Å². The van der Waals surface area contributed by atoms with Crippen LogP contribution in [0.3, 0.4) is 0 Å². The quantitative estimate of drug-likeness (QED) is 0.750. The van der Waals surface area contributed by atoms with E-state index in [0.29, 0.717) is 11.0 Å². The molecule has 2 heterocycles. The van der Waals surface area contributed by atoms with Crippen molar-refractivity contribution >= 4 is 39.3 Å². The molecule has 1 aliphatic rings. The van der Waals surface area contributed by atoms with E-state index in [0.717, 1.165) is 38.5 Å². The molecule has 2 aromatic rings. The number of nitrogens with zero attached hydrogens (tertiary/aromatic N) is 2. The molecule has 6 heteroatoms. The second-order valence-electron chi connectivity index (χ2n) is 4.10. The second kappa shape index (κ2) is 5.31. The molecule has 0 spiro atoms. The molecule has 0 saturated carbocycles. The summed E-state index contributed by atoms with van der Waals surface area (Å²) in [5.74, 6) is 3.14. The maximum Gasteiger partial charge on any atom is 0.164 e. The Bertz CT molecular complexity index is 651. The normalized spacial score (nSPS) is 13.4.